The first-order chi connectivity index (χ1) is 12.2. The predicted octanol–water partition coefficient (Wildman–Crippen LogP) is 2.14. The van der Waals surface area contributed by atoms with Crippen molar-refractivity contribution in [2.24, 2.45) is 7.05 Å². The number of benzene rings is 1. The number of nitrogens with zero attached hydrogens (tertiary/aromatic N) is 4. The van der Waals surface area contributed by atoms with Gasteiger partial charge in [-0.3, -0.25) is 14.8 Å². The Morgan fingerprint density at radius 1 is 1.28 bits per heavy atom. The molecular weight excluding hydrogens is 320 g/mol. The average Bonchev–Trinajstić information content (AvgIpc) is 3.24. The maximum Gasteiger partial charge on any atom is 0.231 e. The zero-order valence-electron chi connectivity index (χ0n) is 13.6. The van der Waals surface area contributed by atoms with E-state index in [1.54, 1.807) is 23.1 Å². The maximum atomic E-state index is 11.7. The lowest BCUT2D eigenvalue weighted by Crippen LogP contribution is -2.18. The second kappa shape index (κ2) is 7.31. The molecule has 1 aromatic carbocycles. The zero-order valence-corrected chi connectivity index (χ0v) is 13.6. The number of nitriles is 1. The molecule has 0 radical (unpaired) electrons. The Hall–Kier alpha value is -3.60. The second-order valence-corrected chi connectivity index (χ2v) is 5.39. The number of nitrogens with one attached hydrogen (secondary N) is 2. The van der Waals surface area contributed by atoms with Crippen LogP contribution in [0.1, 0.15) is 6.42 Å². The topological polar surface area (TPSA) is 109 Å². The Bertz CT molecular complexity index is 904. The number of aryl methyl sites for hydroxylation is 1. The molecule has 0 fully saturated rings. The first-order valence-electron chi connectivity index (χ1n) is 7.63. The van der Waals surface area contributed by atoms with Crippen LogP contribution in [0, 0.1) is 11.5 Å². The van der Waals surface area contributed by atoms with Crippen LogP contribution in [0.4, 0.5) is 5.88 Å². The summed E-state index contributed by atoms with van der Waals surface area (Å²) in [6.45, 7) is 0.277. The van der Waals surface area contributed by atoms with E-state index in [9.17, 15) is 4.79 Å². The fraction of sp³-hybridized carbons (Fsp3) is 0.176. The van der Waals surface area contributed by atoms with Crippen LogP contribution < -0.4 is 10.6 Å². The molecule has 0 spiro atoms. The minimum Gasteiger partial charge on any atom is -0.338 e. The van der Waals surface area contributed by atoms with Gasteiger partial charge in [-0.25, -0.2) is 0 Å². The van der Waals surface area contributed by atoms with Gasteiger partial charge in [-0.2, -0.15) is 10.4 Å². The molecule has 8 nitrogen and oxygen atoms in total. The van der Waals surface area contributed by atoms with Gasteiger partial charge in [0.2, 0.25) is 11.8 Å². The summed E-state index contributed by atoms with van der Waals surface area (Å²) in [6, 6.07) is 9.49. The number of rotatable bonds is 6. The lowest BCUT2D eigenvalue weighted by atomic mass is 10.1. The molecule has 25 heavy (non-hydrogen) atoms. The van der Waals surface area contributed by atoms with Gasteiger partial charge in [0.05, 0.1) is 6.20 Å². The van der Waals surface area contributed by atoms with Crippen LogP contribution in [0.15, 0.2) is 47.2 Å². The molecule has 3 rings (SSSR count). The fourth-order valence-electron chi connectivity index (χ4n) is 2.31. The van der Waals surface area contributed by atoms with Gasteiger partial charge in [-0.15, -0.1) is 0 Å². The van der Waals surface area contributed by atoms with Gasteiger partial charge < -0.3 is 9.84 Å². The fourth-order valence-corrected chi connectivity index (χ4v) is 2.31. The van der Waals surface area contributed by atoms with Gasteiger partial charge in [0, 0.05) is 43.4 Å². The van der Waals surface area contributed by atoms with E-state index in [0.29, 0.717) is 5.69 Å². The molecule has 8 heteroatoms. The summed E-state index contributed by atoms with van der Waals surface area (Å²) in [5, 5.41) is 21.5. The van der Waals surface area contributed by atoms with Gasteiger partial charge in [0.25, 0.3) is 0 Å². The highest BCUT2D eigenvalue weighted by atomic mass is 16.5. The SMILES string of the molecule is Cn1cc(-c2ccc(-c3cc(NC(=O)CCNC#N)on3)cc2)cn1. The minimum atomic E-state index is -0.252. The van der Waals surface area contributed by atoms with Gasteiger partial charge >= 0.3 is 0 Å². The van der Waals surface area contributed by atoms with Crippen molar-refractivity contribution < 1.29 is 9.32 Å². The average molecular weight is 336 g/mol. The Balaban J connectivity index is 1.66. The maximum absolute atomic E-state index is 11.7. The Labute approximate surface area is 144 Å². The van der Waals surface area contributed by atoms with E-state index in [1.165, 1.54) is 0 Å². The summed E-state index contributed by atoms with van der Waals surface area (Å²) in [6.07, 6.45) is 5.68. The predicted molar refractivity (Wildman–Crippen MR) is 91.0 cm³/mol. The summed E-state index contributed by atoms with van der Waals surface area (Å²) in [5.74, 6) is 0.0191. The summed E-state index contributed by atoms with van der Waals surface area (Å²) in [7, 11) is 1.87. The highest BCUT2D eigenvalue weighted by Gasteiger charge is 2.10. The van der Waals surface area contributed by atoms with Crippen LogP contribution in [0.25, 0.3) is 22.4 Å². The van der Waals surface area contributed by atoms with E-state index in [1.807, 2.05) is 37.5 Å². The number of hydrogen-bond acceptors (Lipinski definition) is 6. The number of aromatic nitrogens is 3. The van der Waals surface area contributed by atoms with Crippen LogP contribution >= 0.6 is 0 Å². The van der Waals surface area contributed by atoms with Crippen molar-refractivity contribution >= 4 is 11.8 Å². The van der Waals surface area contributed by atoms with Crippen LogP contribution in [-0.4, -0.2) is 27.4 Å². The third-order valence-electron chi connectivity index (χ3n) is 3.55. The van der Waals surface area contributed by atoms with E-state index in [4.69, 9.17) is 9.78 Å². The van der Waals surface area contributed by atoms with Crippen molar-refractivity contribution in [2.45, 2.75) is 6.42 Å². The molecule has 3 aromatic rings. The first-order valence-corrected chi connectivity index (χ1v) is 7.63. The molecule has 0 bridgehead atoms. The standard InChI is InChI=1S/C17H16N6O2/c1-23-10-14(9-20-23)12-2-4-13(5-3-12)15-8-17(25-22-15)21-16(24)6-7-19-11-18/h2-5,8-10,19H,6-7H2,1H3,(H,21,24). The summed E-state index contributed by atoms with van der Waals surface area (Å²) in [5.41, 5.74) is 3.60. The monoisotopic (exact) mass is 336 g/mol. The third kappa shape index (κ3) is 4.03. The van der Waals surface area contributed by atoms with E-state index >= 15 is 0 Å². The zero-order chi connectivity index (χ0) is 17.6. The van der Waals surface area contributed by atoms with Crippen molar-refractivity contribution in [1.29, 1.82) is 5.26 Å². The van der Waals surface area contributed by atoms with Crippen molar-refractivity contribution in [2.75, 3.05) is 11.9 Å². The van der Waals surface area contributed by atoms with Crippen molar-refractivity contribution in [3.63, 3.8) is 0 Å². The number of carbonyl (C=O) groups is 1. The van der Waals surface area contributed by atoms with E-state index in [-0.39, 0.29) is 24.8 Å². The molecule has 2 N–H and O–H groups in total. The second-order valence-electron chi connectivity index (χ2n) is 5.39. The van der Waals surface area contributed by atoms with Crippen LogP contribution in [0.2, 0.25) is 0 Å². The Morgan fingerprint density at radius 3 is 2.72 bits per heavy atom. The van der Waals surface area contributed by atoms with Crippen LogP contribution in [-0.2, 0) is 11.8 Å². The lowest BCUT2D eigenvalue weighted by Gasteiger charge is -1.99. The summed E-state index contributed by atoms with van der Waals surface area (Å²) >= 11 is 0. The highest BCUT2D eigenvalue weighted by molar-refractivity contribution is 5.90. The summed E-state index contributed by atoms with van der Waals surface area (Å²) < 4.78 is 6.89. The molecule has 2 aromatic heterocycles. The van der Waals surface area contributed by atoms with Gasteiger partial charge in [-0.05, 0) is 5.56 Å². The third-order valence-corrected chi connectivity index (χ3v) is 3.55. The smallest absolute Gasteiger partial charge is 0.231 e. The summed E-state index contributed by atoms with van der Waals surface area (Å²) in [4.78, 5) is 11.7. The quantitative estimate of drug-likeness (QED) is 0.405. The number of carbonyl (C=O) groups excluding carboxylic acids is 1. The van der Waals surface area contributed by atoms with Crippen molar-refractivity contribution in [3.8, 4) is 28.6 Å². The van der Waals surface area contributed by atoms with Gasteiger partial charge in [-0.1, -0.05) is 29.4 Å². The minimum absolute atomic E-state index is 0.170. The molecule has 0 aliphatic heterocycles. The van der Waals surface area contributed by atoms with Gasteiger partial charge in [0.15, 0.2) is 6.19 Å². The largest absolute Gasteiger partial charge is 0.338 e. The number of anilines is 1. The normalized spacial score (nSPS) is 10.2. The van der Waals surface area contributed by atoms with Crippen LogP contribution in [0.5, 0.6) is 0 Å². The van der Waals surface area contributed by atoms with Crippen molar-refractivity contribution in [1.82, 2.24) is 20.3 Å². The highest BCUT2D eigenvalue weighted by Crippen LogP contribution is 2.25. The van der Waals surface area contributed by atoms with E-state index < -0.39 is 0 Å². The molecule has 0 aliphatic rings. The Kier molecular flexibility index (Phi) is 4.76. The molecule has 0 unspecified atom stereocenters. The van der Waals surface area contributed by atoms with Gasteiger partial charge in [0.1, 0.15) is 5.69 Å². The molecule has 0 aliphatic carbocycles. The molecule has 0 atom stereocenters. The van der Waals surface area contributed by atoms with E-state index in [2.05, 4.69) is 20.9 Å². The van der Waals surface area contributed by atoms with Crippen molar-refractivity contribution in [3.05, 3.63) is 42.7 Å². The first kappa shape index (κ1) is 16.3. The number of amides is 1. The number of hydrogen-bond donors (Lipinski definition) is 2. The van der Waals surface area contributed by atoms with Crippen LogP contribution in [0.3, 0.4) is 0 Å². The molecule has 0 saturated heterocycles. The Morgan fingerprint density at radius 2 is 2.04 bits per heavy atom. The molecule has 1 amide bonds. The van der Waals surface area contributed by atoms with E-state index in [0.717, 1.165) is 16.7 Å². The molecule has 0 saturated carbocycles. The molecular formula is C17H16N6O2. The lowest BCUT2D eigenvalue weighted by molar-refractivity contribution is -0.116. The molecule has 126 valence electrons. The molecule has 2 heterocycles.